The van der Waals surface area contributed by atoms with E-state index in [0.717, 1.165) is 5.56 Å². The van der Waals surface area contributed by atoms with Crippen LogP contribution in [0.5, 0.6) is 5.75 Å². The van der Waals surface area contributed by atoms with Gasteiger partial charge in [0, 0.05) is 19.2 Å². The predicted octanol–water partition coefficient (Wildman–Crippen LogP) is 3.71. The molecule has 1 unspecified atom stereocenters. The van der Waals surface area contributed by atoms with Crippen molar-refractivity contribution < 1.29 is 23.1 Å². The Hall–Kier alpha value is -3.16. The normalized spacial score (nSPS) is 12.5. The van der Waals surface area contributed by atoms with E-state index in [9.17, 15) is 18.3 Å². The van der Waals surface area contributed by atoms with Gasteiger partial charge >= 0.3 is 5.97 Å². The van der Waals surface area contributed by atoms with Crippen LogP contribution in [0.2, 0.25) is 0 Å². The third-order valence-corrected chi connectivity index (χ3v) is 6.18. The van der Waals surface area contributed by atoms with Crippen LogP contribution in [0.15, 0.2) is 89.8 Å². The van der Waals surface area contributed by atoms with Crippen molar-refractivity contribution in [2.75, 3.05) is 7.05 Å². The fourth-order valence-electron chi connectivity index (χ4n) is 2.81. The molecule has 0 aromatic heterocycles. The van der Waals surface area contributed by atoms with Crippen molar-refractivity contribution in [1.29, 1.82) is 0 Å². The van der Waals surface area contributed by atoms with Crippen LogP contribution in [-0.4, -0.2) is 30.8 Å². The molecule has 0 saturated carbocycles. The minimum Gasteiger partial charge on any atom is -0.478 e. The lowest BCUT2D eigenvalue weighted by molar-refractivity contribution is -0.145. The fraction of sp³-hybridized carbons (Fsp3) is 0.136. The molecule has 150 valence electrons. The van der Waals surface area contributed by atoms with E-state index in [1.165, 1.54) is 11.4 Å². The minimum absolute atomic E-state index is 0.179. The van der Waals surface area contributed by atoms with Crippen molar-refractivity contribution in [3.63, 3.8) is 0 Å². The number of sulfonamides is 1. The maximum Gasteiger partial charge on any atom is 0.349 e. The molecule has 0 aliphatic rings. The molecule has 3 rings (SSSR count). The summed E-state index contributed by atoms with van der Waals surface area (Å²) >= 11 is 0. The summed E-state index contributed by atoms with van der Waals surface area (Å²) in [7, 11) is -2.07. The Bertz CT molecular complexity index is 1050. The van der Waals surface area contributed by atoms with Gasteiger partial charge in [0.2, 0.25) is 16.1 Å². The van der Waals surface area contributed by atoms with Gasteiger partial charge in [-0.3, -0.25) is 0 Å². The van der Waals surface area contributed by atoms with E-state index in [1.54, 1.807) is 84.9 Å². The second-order valence-corrected chi connectivity index (χ2v) is 8.51. The number of nitrogens with zero attached hydrogens (tertiary/aromatic N) is 1. The van der Waals surface area contributed by atoms with E-state index in [1.807, 2.05) is 0 Å². The van der Waals surface area contributed by atoms with Gasteiger partial charge < -0.3 is 9.84 Å². The minimum atomic E-state index is -3.59. The van der Waals surface area contributed by atoms with Gasteiger partial charge in [0.1, 0.15) is 5.75 Å². The van der Waals surface area contributed by atoms with Gasteiger partial charge in [0.05, 0.1) is 4.90 Å². The SMILES string of the molecule is CN(Cc1ccc(OC(C(=O)O)c2ccccc2)cc1)S(=O)(=O)c1ccccc1. The van der Waals surface area contributed by atoms with Gasteiger partial charge in [-0.2, -0.15) is 4.31 Å². The quantitative estimate of drug-likeness (QED) is 0.611. The molecule has 0 amide bonds. The molecule has 3 aromatic rings. The summed E-state index contributed by atoms with van der Waals surface area (Å²) in [5.41, 5.74) is 1.30. The number of carboxylic acid groups (broad SMARTS) is 1. The molecular formula is C22H21NO5S. The van der Waals surface area contributed by atoms with Crippen LogP contribution in [0.25, 0.3) is 0 Å². The number of carboxylic acids is 1. The molecule has 0 aliphatic heterocycles. The molecule has 7 heteroatoms. The Kier molecular flexibility index (Phi) is 6.31. The summed E-state index contributed by atoms with van der Waals surface area (Å²) in [5.74, 6) is -0.701. The Labute approximate surface area is 170 Å². The Morgan fingerprint density at radius 2 is 1.48 bits per heavy atom. The van der Waals surface area contributed by atoms with Crippen LogP contribution in [0.3, 0.4) is 0 Å². The number of hydrogen-bond donors (Lipinski definition) is 1. The highest BCUT2D eigenvalue weighted by molar-refractivity contribution is 7.89. The maximum atomic E-state index is 12.6. The number of hydrogen-bond acceptors (Lipinski definition) is 4. The monoisotopic (exact) mass is 411 g/mol. The average molecular weight is 411 g/mol. The highest BCUT2D eigenvalue weighted by Gasteiger charge is 2.22. The predicted molar refractivity (Wildman–Crippen MR) is 109 cm³/mol. The van der Waals surface area contributed by atoms with Gasteiger partial charge in [-0.05, 0) is 29.8 Å². The second kappa shape index (κ2) is 8.89. The van der Waals surface area contributed by atoms with E-state index in [-0.39, 0.29) is 11.4 Å². The first-order valence-electron chi connectivity index (χ1n) is 8.92. The van der Waals surface area contributed by atoms with Crippen molar-refractivity contribution in [3.8, 4) is 5.75 Å². The molecule has 1 N–H and O–H groups in total. The molecule has 1 atom stereocenters. The fourth-order valence-corrected chi connectivity index (χ4v) is 3.99. The lowest BCUT2D eigenvalue weighted by Gasteiger charge is -2.18. The topological polar surface area (TPSA) is 83.9 Å². The molecule has 29 heavy (non-hydrogen) atoms. The van der Waals surface area contributed by atoms with Crippen molar-refractivity contribution >= 4 is 16.0 Å². The molecule has 0 radical (unpaired) electrons. The highest BCUT2D eigenvalue weighted by atomic mass is 32.2. The zero-order valence-corrected chi connectivity index (χ0v) is 16.6. The van der Waals surface area contributed by atoms with Crippen LogP contribution >= 0.6 is 0 Å². The largest absolute Gasteiger partial charge is 0.478 e. The van der Waals surface area contributed by atoms with Crippen molar-refractivity contribution in [2.45, 2.75) is 17.5 Å². The lowest BCUT2D eigenvalue weighted by atomic mass is 10.1. The summed E-state index contributed by atoms with van der Waals surface area (Å²) in [4.78, 5) is 11.8. The summed E-state index contributed by atoms with van der Waals surface area (Å²) in [6, 6.07) is 23.6. The third kappa shape index (κ3) is 5.01. The zero-order chi connectivity index (χ0) is 20.9. The molecule has 0 fully saturated rings. The van der Waals surface area contributed by atoms with Crippen LogP contribution in [0.1, 0.15) is 17.2 Å². The van der Waals surface area contributed by atoms with Crippen molar-refractivity contribution in [2.24, 2.45) is 0 Å². The number of ether oxygens (including phenoxy) is 1. The summed E-state index contributed by atoms with van der Waals surface area (Å²) in [6.45, 7) is 0.179. The second-order valence-electron chi connectivity index (χ2n) is 6.46. The molecule has 6 nitrogen and oxygen atoms in total. The molecular weight excluding hydrogens is 390 g/mol. The average Bonchev–Trinajstić information content (AvgIpc) is 2.74. The number of rotatable bonds is 8. The van der Waals surface area contributed by atoms with Crippen molar-refractivity contribution in [1.82, 2.24) is 4.31 Å². The summed E-state index contributed by atoms with van der Waals surface area (Å²) in [6.07, 6.45) is -1.12. The van der Waals surface area contributed by atoms with E-state index < -0.39 is 22.1 Å². The lowest BCUT2D eigenvalue weighted by Crippen LogP contribution is -2.26. The molecule has 0 aliphatic carbocycles. The number of carbonyl (C=O) groups is 1. The van der Waals surface area contributed by atoms with Crippen LogP contribution in [0, 0.1) is 0 Å². The Morgan fingerprint density at radius 1 is 0.931 bits per heavy atom. The summed E-state index contributed by atoms with van der Waals surface area (Å²) in [5, 5.41) is 9.46. The van der Waals surface area contributed by atoms with E-state index in [4.69, 9.17) is 4.74 Å². The molecule has 3 aromatic carbocycles. The number of benzene rings is 3. The standard InChI is InChI=1S/C22H21NO5S/c1-23(29(26,27)20-10-6-3-7-11-20)16-17-12-14-19(15-13-17)28-21(22(24)25)18-8-4-2-5-9-18/h2-15,21H,16H2,1H3,(H,24,25). The molecule has 0 spiro atoms. The van der Waals surface area contributed by atoms with Gasteiger partial charge in [-0.15, -0.1) is 0 Å². The first-order chi connectivity index (χ1) is 13.9. The van der Waals surface area contributed by atoms with Gasteiger partial charge in [0.25, 0.3) is 0 Å². The maximum absolute atomic E-state index is 12.6. The van der Waals surface area contributed by atoms with Crippen LogP contribution in [-0.2, 0) is 21.4 Å². The van der Waals surface area contributed by atoms with Crippen LogP contribution < -0.4 is 4.74 Å². The van der Waals surface area contributed by atoms with Gasteiger partial charge in [0.15, 0.2) is 0 Å². The first-order valence-corrected chi connectivity index (χ1v) is 10.4. The smallest absolute Gasteiger partial charge is 0.349 e. The highest BCUT2D eigenvalue weighted by Crippen LogP contribution is 2.24. The third-order valence-electron chi connectivity index (χ3n) is 4.36. The first kappa shape index (κ1) is 20.6. The summed E-state index contributed by atoms with van der Waals surface area (Å²) < 4.78 is 32.1. The Morgan fingerprint density at radius 3 is 2.03 bits per heavy atom. The Balaban J connectivity index is 1.71. The van der Waals surface area contributed by atoms with Crippen LogP contribution in [0.4, 0.5) is 0 Å². The van der Waals surface area contributed by atoms with Crippen molar-refractivity contribution in [3.05, 3.63) is 96.1 Å². The van der Waals surface area contributed by atoms with E-state index in [2.05, 4.69) is 0 Å². The zero-order valence-electron chi connectivity index (χ0n) is 15.8. The van der Waals surface area contributed by atoms with E-state index in [0.29, 0.717) is 11.3 Å². The molecule has 0 heterocycles. The molecule has 0 bridgehead atoms. The van der Waals surface area contributed by atoms with Gasteiger partial charge in [-0.25, -0.2) is 13.2 Å². The van der Waals surface area contributed by atoms with Gasteiger partial charge in [-0.1, -0.05) is 60.7 Å². The number of aliphatic carboxylic acids is 1. The van der Waals surface area contributed by atoms with E-state index >= 15 is 0 Å². The molecule has 0 saturated heterocycles.